The van der Waals surface area contributed by atoms with Gasteiger partial charge in [-0.15, -0.1) is 0 Å². The SMILES string of the molecule is CC.CCO.COc1ccc(CCOS(C)(=O)=O)cc1. The molecule has 0 amide bonds. The van der Waals surface area contributed by atoms with Crippen LogP contribution in [0.5, 0.6) is 5.75 Å². The summed E-state index contributed by atoms with van der Waals surface area (Å²) in [7, 11) is -1.73. The molecule has 0 atom stereocenters. The second-order valence-electron chi connectivity index (χ2n) is 3.44. The molecule has 0 spiro atoms. The maximum atomic E-state index is 10.7. The zero-order valence-electron chi connectivity index (χ0n) is 12.9. The van der Waals surface area contributed by atoms with E-state index in [9.17, 15) is 8.42 Å². The monoisotopic (exact) mass is 306 g/mol. The van der Waals surface area contributed by atoms with Gasteiger partial charge in [0.1, 0.15) is 5.75 Å². The van der Waals surface area contributed by atoms with Crippen LogP contribution in [0.2, 0.25) is 0 Å². The van der Waals surface area contributed by atoms with E-state index in [0.29, 0.717) is 6.42 Å². The molecule has 0 unspecified atom stereocenters. The van der Waals surface area contributed by atoms with Crippen LogP contribution >= 0.6 is 0 Å². The first kappa shape index (κ1) is 21.2. The highest BCUT2D eigenvalue weighted by atomic mass is 32.2. The Morgan fingerprint density at radius 2 is 1.60 bits per heavy atom. The number of benzene rings is 1. The number of ether oxygens (including phenoxy) is 1. The second kappa shape index (κ2) is 12.9. The Bertz CT molecular complexity index is 412. The Morgan fingerprint density at radius 3 is 1.95 bits per heavy atom. The summed E-state index contributed by atoms with van der Waals surface area (Å²) in [5.41, 5.74) is 1.01. The molecule has 0 saturated heterocycles. The second-order valence-corrected chi connectivity index (χ2v) is 5.08. The molecule has 5 nitrogen and oxygen atoms in total. The van der Waals surface area contributed by atoms with Crippen molar-refractivity contribution in [2.24, 2.45) is 0 Å². The lowest BCUT2D eigenvalue weighted by atomic mass is 10.1. The average molecular weight is 306 g/mol. The Hall–Kier alpha value is -1.11. The summed E-state index contributed by atoms with van der Waals surface area (Å²) in [6, 6.07) is 7.42. The fourth-order valence-electron chi connectivity index (χ4n) is 1.10. The van der Waals surface area contributed by atoms with Gasteiger partial charge >= 0.3 is 0 Å². The smallest absolute Gasteiger partial charge is 0.264 e. The minimum absolute atomic E-state index is 0.172. The molecule has 0 saturated carbocycles. The summed E-state index contributed by atoms with van der Waals surface area (Å²) in [5, 5.41) is 7.57. The van der Waals surface area contributed by atoms with Crippen molar-refractivity contribution in [2.45, 2.75) is 27.2 Å². The predicted octanol–water partition coefficient (Wildman–Crippen LogP) is 2.24. The van der Waals surface area contributed by atoms with Crippen LogP contribution in [0.4, 0.5) is 0 Å². The van der Waals surface area contributed by atoms with Gasteiger partial charge in [-0.3, -0.25) is 4.18 Å². The van der Waals surface area contributed by atoms with Gasteiger partial charge in [0.15, 0.2) is 0 Å². The lowest BCUT2D eigenvalue weighted by molar-refractivity contribution is 0.318. The Labute approximate surface area is 122 Å². The van der Waals surface area contributed by atoms with E-state index in [-0.39, 0.29) is 13.2 Å². The highest BCUT2D eigenvalue weighted by Crippen LogP contribution is 2.11. The normalized spacial score (nSPS) is 9.70. The van der Waals surface area contributed by atoms with Gasteiger partial charge < -0.3 is 9.84 Å². The van der Waals surface area contributed by atoms with Crippen molar-refractivity contribution in [2.75, 3.05) is 26.6 Å². The minimum Gasteiger partial charge on any atom is -0.497 e. The molecule has 1 aromatic rings. The summed E-state index contributed by atoms with van der Waals surface area (Å²) in [6.45, 7) is 6.10. The third-order valence-corrected chi connectivity index (χ3v) is 2.44. The van der Waals surface area contributed by atoms with Crippen LogP contribution in [0.3, 0.4) is 0 Å². The fourth-order valence-corrected chi connectivity index (χ4v) is 1.49. The first-order valence-electron chi connectivity index (χ1n) is 6.51. The molecule has 0 aliphatic carbocycles. The molecule has 0 aromatic heterocycles. The Morgan fingerprint density at radius 1 is 1.15 bits per heavy atom. The molecule has 0 aliphatic rings. The van der Waals surface area contributed by atoms with Crippen LogP contribution in [0, 0.1) is 0 Å². The number of rotatable bonds is 5. The standard InChI is InChI=1S/C10H14O4S.C2H6O.C2H6/c1-13-10-5-3-9(4-6-10)7-8-14-15(2,11)12;1-2-3;1-2/h3-6H,7-8H2,1-2H3;3H,2H2,1H3;1-2H3. The van der Waals surface area contributed by atoms with Gasteiger partial charge in [0, 0.05) is 6.61 Å². The number of aliphatic hydroxyl groups excluding tert-OH is 1. The molecule has 0 heterocycles. The zero-order chi connectivity index (χ0) is 16.0. The average Bonchev–Trinajstić information content (AvgIpc) is 2.41. The van der Waals surface area contributed by atoms with E-state index in [2.05, 4.69) is 4.18 Å². The van der Waals surface area contributed by atoms with Crippen LogP contribution < -0.4 is 4.74 Å². The van der Waals surface area contributed by atoms with Gasteiger partial charge in [0.2, 0.25) is 0 Å². The van der Waals surface area contributed by atoms with Gasteiger partial charge in [-0.05, 0) is 31.0 Å². The number of hydrogen-bond donors (Lipinski definition) is 1. The molecule has 6 heteroatoms. The Kier molecular flexibility index (Phi) is 13.7. The van der Waals surface area contributed by atoms with Crippen molar-refractivity contribution in [1.29, 1.82) is 0 Å². The molecular weight excluding hydrogens is 280 g/mol. The quantitative estimate of drug-likeness (QED) is 0.845. The van der Waals surface area contributed by atoms with Crippen molar-refractivity contribution in [3.05, 3.63) is 29.8 Å². The first-order chi connectivity index (χ1) is 9.42. The zero-order valence-corrected chi connectivity index (χ0v) is 13.7. The van der Waals surface area contributed by atoms with Crippen molar-refractivity contribution in [1.82, 2.24) is 0 Å². The van der Waals surface area contributed by atoms with Crippen molar-refractivity contribution in [3.63, 3.8) is 0 Å². The fraction of sp³-hybridized carbons (Fsp3) is 0.571. The minimum atomic E-state index is -3.33. The lowest BCUT2D eigenvalue weighted by Crippen LogP contribution is -2.06. The molecule has 0 bridgehead atoms. The molecule has 0 fully saturated rings. The molecule has 1 aromatic carbocycles. The predicted molar refractivity (Wildman–Crippen MR) is 81.6 cm³/mol. The number of methoxy groups -OCH3 is 1. The summed E-state index contributed by atoms with van der Waals surface area (Å²) >= 11 is 0. The van der Waals surface area contributed by atoms with Gasteiger partial charge in [-0.2, -0.15) is 8.42 Å². The molecule has 1 N–H and O–H groups in total. The van der Waals surface area contributed by atoms with Crippen molar-refractivity contribution in [3.8, 4) is 5.75 Å². The largest absolute Gasteiger partial charge is 0.497 e. The summed E-state index contributed by atoms with van der Waals surface area (Å²) in [6.07, 6.45) is 1.61. The number of aliphatic hydroxyl groups is 1. The van der Waals surface area contributed by atoms with E-state index in [4.69, 9.17) is 9.84 Å². The third-order valence-electron chi connectivity index (χ3n) is 1.85. The topological polar surface area (TPSA) is 72.8 Å². The summed E-state index contributed by atoms with van der Waals surface area (Å²) in [5.74, 6) is 0.780. The highest BCUT2D eigenvalue weighted by Gasteiger charge is 2.01. The van der Waals surface area contributed by atoms with Crippen LogP contribution in [0.1, 0.15) is 26.3 Å². The summed E-state index contributed by atoms with van der Waals surface area (Å²) < 4.78 is 31.0. The van der Waals surface area contributed by atoms with Gasteiger partial charge in [0.05, 0.1) is 20.0 Å². The molecule has 20 heavy (non-hydrogen) atoms. The Balaban J connectivity index is 0. The van der Waals surface area contributed by atoms with E-state index >= 15 is 0 Å². The molecule has 0 aliphatic heterocycles. The van der Waals surface area contributed by atoms with Gasteiger partial charge in [0.25, 0.3) is 10.1 Å². The van der Waals surface area contributed by atoms with E-state index in [1.165, 1.54) is 0 Å². The summed E-state index contributed by atoms with van der Waals surface area (Å²) in [4.78, 5) is 0. The van der Waals surface area contributed by atoms with Crippen molar-refractivity contribution >= 4 is 10.1 Å². The van der Waals surface area contributed by atoms with Crippen molar-refractivity contribution < 1.29 is 22.4 Å². The maximum absolute atomic E-state index is 10.7. The van der Waals surface area contributed by atoms with E-state index in [1.807, 2.05) is 38.1 Å². The molecule has 0 radical (unpaired) electrons. The van der Waals surface area contributed by atoms with Gasteiger partial charge in [-0.25, -0.2) is 0 Å². The van der Waals surface area contributed by atoms with E-state index in [1.54, 1.807) is 14.0 Å². The van der Waals surface area contributed by atoms with E-state index < -0.39 is 10.1 Å². The van der Waals surface area contributed by atoms with Crippen LogP contribution in [-0.4, -0.2) is 40.1 Å². The van der Waals surface area contributed by atoms with Crippen LogP contribution in [0.25, 0.3) is 0 Å². The van der Waals surface area contributed by atoms with Crippen LogP contribution in [-0.2, 0) is 20.7 Å². The molecule has 118 valence electrons. The van der Waals surface area contributed by atoms with E-state index in [0.717, 1.165) is 17.6 Å². The molecule has 1 rings (SSSR count). The third kappa shape index (κ3) is 13.3. The first-order valence-corrected chi connectivity index (χ1v) is 8.32. The van der Waals surface area contributed by atoms with Gasteiger partial charge in [-0.1, -0.05) is 26.0 Å². The number of hydrogen-bond acceptors (Lipinski definition) is 5. The maximum Gasteiger partial charge on any atom is 0.264 e. The molecular formula is C14H26O5S. The van der Waals surface area contributed by atoms with Crippen LogP contribution in [0.15, 0.2) is 24.3 Å². The lowest BCUT2D eigenvalue weighted by Gasteiger charge is -2.03. The highest BCUT2D eigenvalue weighted by molar-refractivity contribution is 7.85.